The number of benzene rings is 2. The molecule has 0 unspecified atom stereocenters. The Morgan fingerprint density at radius 3 is 2.45 bits per heavy atom. The van der Waals surface area contributed by atoms with Crippen molar-refractivity contribution < 1.29 is 9.72 Å². The molecule has 0 aliphatic rings. The third-order valence-electron chi connectivity index (χ3n) is 3.52. The van der Waals surface area contributed by atoms with Crippen LogP contribution in [0.15, 0.2) is 42.5 Å². The first-order valence-electron chi connectivity index (χ1n) is 7.07. The molecule has 0 N–H and O–H groups in total. The van der Waals surface area contributed by atoms with Gasteiger partial charge in [0.25, 0.3) is 11.6 Å². The second-order valence-electron chi connectivity index (χ2n) is 5.15. The van der Waals surface area contributed by atoms with Crippen molar-refractivity contribution in [1.82, 2.24) is 0 Å². The fourth-order valence-corrected chi connectivity index (χ4v) is 2.39. The maximum absolute atomic E-state index is 12.7. The third kappa shape index (κ3) is 3.14. The summed E-state index contributed by atoms with van der Waals surface area (Å²) in [4.78, 5) is 24.8. The predicted octanol–water partition coefficient (Wildman–Crippen LogP) is 3.88. The van der Waals surface area contributed by atoms with Crippen molar-refractivity contribution in [1.29, 1.82) is 0 Å². The van der Waals surface area contributed by atoms with Crippen molar-refractivity contribution in [3.63, 3.8) is 0 Å². The molecule has 2 rings (SSSR count). The maximum Gasteiger partial charge on any atom is 0.272 e. The zero-order chi connectivity index (χ0) is 16.3. The fraction of sp³-hybridized carbons (Fsp3) is 0.235. The highest BCUT2D eigenvalue weighted by Gasteiger charge is 2.19. The van der Waals surface area contributed by atoms with Gasteiger partial charge in [-0.05, 0) is 50.6 Å². The molecule has 2 aromatic carbocycles. The number of nitrogens with zero attached hydrogens (tertiary/aromatic N) is 2. The van der Waals surface area contributed by atoms with Gasteiger partial charge in [-0.2, -0.15) is 0 Å². The zero-order valence-electron chi connectivity index (χ0n) is 12.9. The fourth-order valence-electron chi connectivity index (χ4n) is 2.39. The highest BCUT2D eigenvalue weighted by Crippen LogP contribution is 2.22. The summed E-state index contributed by atoms with van der Waals surface area (Å²) in [6.45, 7) is 6.03. The molecule has 0 atom stereocenters. The van der Waals surface area contributed by atoms with Crippen LogP contribution in [0.4, 0.5) is 11.4 Å². The second kappa shape index (κ2) is 6.39. The van der Waals surface area contributed by atoms with E-state index in [4.69, 9.17) is 0 Å². The van der Waals surface area contributed by atoms with Crippen LogP contribution >= 0.6 is 0 Å². The van der Waals surface area contributed by atoms with Crippen LogP contribution < -0.4 is 4.90 Å². The molecular formula is C17H18N2O3. The van der Waals surface area contributed by atoms with E-state index < -0.39 is 4.92 Å². The molecule has 2 aromatic rings. The van der Waals surface area contributed by atoms with E-state index in [0.717, 1.165) is 11.3 Å². The standard InChI is InChI=1S/C17H18N2O3/c1-4-18(15-7-5-6-12(2)10-15)17(20)14-8-9-16(19(21)22)13(3)11-14/h5-11H,4H2,1-3H3. The van der Waals surface area contributed by atoms with Gasteiger partial charge in [-0.3, -0.25) is 14.9 Å². The molecule has 0 bridgehead atoms. The number of hydrogen-bond donors (Lipinski definition) is 0. The molecule has 0 saturated carbocycles. The summed E-state index contributed by atoms with van der Waals surface area (Å²) in [7, 11) is 0. The average molecular weight is 298 g/mol. The number of aryl methyl sites for hydroxylation is 2. The van der Waals surface area contributed by atoms with Gasteiger partial charge in [-0.25, -0.2) is 0 Å². The lowest BCUT2D eigenvalue weighted by Gasteiger charge is -2.21. The normalized spacial score (nSPS) is 10.3. The van der Waals surface area contributed by atoms with E-state index in [0.29, 0.717) is 17.7 Å². The van der Waals surface area contributed by atoms with Crippen LogP contribution in [-0.2, 0) is 0 Å². The first-order chi connectivity index (χ1) is 10.4. The smallest absolute Gasteiger partial charge is 0.272 e. The largest absolute Gasteiger partial charge is 0.309 e. The minimum absolute atomic E-state index is 0.0233. The minimum atomic E-state index is -0.443. The van der Waals surface area contributed by atoms with Crippen molar-refractivity contribution in [3.05, 3.63) is 69.3 Å². The van der Waals surface area contributed by atoms with Crippen LogP contribution in [0, 0.1) is 24.0 Å². The van der Waals surface area contributed by atoms with E-state index in [1.807, 2.05) is 38.1 Å². The lowest BCUT2D eigenvalue weighted by atomic mass is 10.1. The second-order valence-corrected chi connectivity index (χ2v) is 5.15. The minimum Gasteiger partial charge on any atom is -0.309 e. The molecule has 0 radical (unpaired) electrons. The number of hydrogen-bond acceptors (Lipinski definition) is 3. The van der Waals surface area contributed by atoms with Crippen LogP contribution in [0.5, 0.6) is 0 Å². The molecule has 5 nitrogen and oxygen atoms in total. The van der Waals surface area contributed by atoms with Gasteiger partial charge >= 0.3 is 0 Å². The zero-order valence-corrected chi connectivity index (χ0v) is 12.9. The van der Waals surface area contributed by atoms with Crippen molar-refractivity contribution in [3.8, 4) is 0 Å². The third-order valence-corrected chi connectivity index (χ3v) is 3.52. The van der Waals surface area contributed by atoms with Crippen molar-refractivity contribution >= 4 is 17.3 Å². The van der Waals surface area contributed by atoms with Crippen molar-refractivity contribution in [2.24, 2.45) is 0 Å². The molecule has 22 heavy (non-hydrogen) atoms. The predicted molar refractivity (Wildman–Crippen MR) is 86.4 cm³/mol. The van der Waals surface area contributed by atoms with E-state index in [1.54, 1.807) is 17.9 Å². The van der Waals surface area contributed by atoms with Crippen LogP contribution in [0.1, 0.15) is 28.4 Å². The van der Waals surface area contributed by atoms with Crippen molar-refractivity contribution in [2.75, 3.05) is 11.4 Å². The van der Waals surface area contributed by atoms with Crippen LogP contribution in [0.3, 0.4) is 0 Å². The van der Waals surface area contributed by atoms with E-state index in [2.05, 4.69) is 0 Å². The van der Waals surface area contributed by atoms with Gasteiger partial charge < -0.3 is 4.90 Å². The molecule has 0 saturated heterocycles. The molecule has 5 heteroatoms. The SMILES string of the molecule is CCN(C(=O)c1ccc([N+](=O)[O-])c(C)c1)c1cccc(C)c1. The lowest BCUT2D eigenvalue weighted by molar-refractivity contribution is -0.385. The summed E-state index contributed by atoms with van der Waals surface area (Å²) >= 11 is 0. The summed E-state index contributed by atoms with van der Waals surface area (Å²) in [6.07, 6.45) is 0. The van der Waals surface area contributed by atoms with Gasteiger partial charge in [0.05, 0.1) is 4.92 Å². The van der Waals surface area contributed by atoms with Gasteiger partial charge in [-0.15, -0.1) is 0 Å². The van der Waals surface area contributed by atoms with E-state index in [1.165, 1.54) is 12.1 Å². The number of nitro groups is 1. The molecular weight excluding hydrogens is 280 g/mol. The van der Waals surface area contributed by atoms with Gasteiger partial charge in [-0.1, -0.05) is 12.1 Å². The van der Waals surface area contributed by atoms with Crippen LogP contribution in [0.25, 0.3) is 0 Å². The summed E-state index contributed by atoms with van der Waals surface area (Å²) in [5, 5.41) is 10.9. The van der Waals surface area contributed by atoms with Gasteiger partial charge in [0.2, 0.25) is 0 Å². The molecule has 1 amide bonds. The topological polar surface area (TPSA) is 63.5 Å². The number of carbonyl (C=O) groups is 1. The number of rotatable bonds is 4. The Bertz CT molecular complexity index is 726. The van der Waals surface area contributed by atoms with Crippen LogP contribution in [-0.4, -0.2) is 17.4 Å². The molecule has 0 aliphatic heterocycles. The number of nitro benzene ring substituents is 1. The highest BCUT2D eigenvalue weighted by molar-refractivity contribution is 6.06. The number of anilines is 1. The molecule has 0 spiro atoms. The average Bonchev–Trinajstić information content (AvgIpc) is 2.47. The van der Waals surface area contributed by atoms with E-state index in [9.17, 15) is 14.9 Å². The van der Waals surface area contributed by atoms with E-state index >= 15 is 0 Å². The molecule has 0 aromatic heterocycles. The summed E-state index contributed by atoms with van der Waals surface area (Å²) in [5.74, 6) is -0.161. The molecule has 0 aliphatic carbocycles. The van der Waals surface area contributed by atoms with Crippen molar-refractivity contribution in [2.45, 2.75) is 20.8 Å². The Morgan fingerprint density at radius 2 is 1.91 bits per heavy atom. The highest BCUT2D eigenvalue weighted by atomic mass is 16.6. The lowest BCUT2D eigenvalue weighted by Crippen LogP contribution is -2.30. The van der Waals surface area contributed by atoms with E-state index in [-0.39, 0.29) is 11.6 Å². The molecule has 0 heterocycles. The summed E-state index contributed by atoms with van der Waals surface area (Å²) in [5.41, 5.74) is 2.85. The monoisotopic (exact) mass is 298 g/mol. The van der Waals surface area contributed by atoms with Gasteiger partial charge in [0, 0.05) is 29.4 Å². The first kappa shape index (κ1) is 15.7. The molecule has 114 valence electrons. The molecule has 0 fully saturated rings. The quantitative estimate of drug-likeness (QED) is 0.635. The number of amides is 1. The Hall–Kier alpha value is -2.69. The van der Waals surface area contributed by atoms with Crippen LogP contribution in [0.2, 0.25) is 0 Å². The van der Waals surface area contributed by atoms with Gasteiger partial charge in [0.15, 0.2) is 0 Å². The Labute approximate surface area is 129 Å². The van der Waals surface area contributed by atoms with Gasteiger partial charge in [0.1, 0.15) is 0 Å². The first-order valence-corrected chi connectivity index (χ1v) is 7.07. The summed E-state index contributed by atoms with van der Waals surface area (Å²) < 4.78 is 0. The number of carbonyl (C=O) groups excluding carboxylic acids is 1. The Morgan fingerprint density at radius 1 is 1.18 bits per heavy atom. The maximum atomic E-state index is 12.7. The Balaban J connectivity index is 2.37. The summed E-state index contributed by atoms with van der Waals surface area (Å²) in [6, 6.07) is 12.2. The Kier molecular flexibility index (Phi) is 4.56.